The van der Waals surface area contributed by atoms with Crippen molar-refractivity contribution in [3.63, 3.8) is 0 Å². The molecule has 140 valence electrons. The highest BCUT2D eigenvalue weighted by Gasteiger charge is 2.10. The Labute approximate surface area is 163 Å². The van der Waals surface area contributed by atoms with E-state index < -0.39 is 0 Å². The van der Waals surface area contributed by atoms with Crippen molar-refractivity contribution in [1.29, 1.82) is 0 Å². The molecule has 6 nitrogen and oxygen atoms in total. The largest absolute Gasteiger partial charge is 0.383 e. The number of aromatic nitrogens is 3. The lowest BCUT2D eigenvalue weighted by atomic mass is 10.1. The molecule has 0 bridgehead atoms. The number of ether oxygens (including phenoxy) is 1. The molecule has 0 aliphatic rings. The highest BCUT2D eigenvalue weighted by Crippen LogP contribution is 2.25. The summed E-state index contributed by atoms with van der Waals surface area (Å²) >= 11 is 0. The first-order chi connectivity index (χ1) is 13.8. The molecule has 3 heterocycles. The first-order valence-electron chi connectivity index (χ1n) is 9.00. The lowest BCUT2D eigenvalue weighted by Gasteiger charge is -2.05. The number of anilines is 1. The highest BCUT2D eigenvalue weighted by molar-refractivity contribution is 5.69. The van der Waals surface area contributed by atoms with Crippen LogP contribution in [0.1, 0.15) is 22.5 Å². The third-order valence-corrected chi connectivity index (χ3v) is 4.32. The summed E-state index contributed by atoms with van der Waals surface area (Å²) in [6.07, 6.45) is 4.10. The van der Waals surface area contributed by atoms with Crippen LogP contribution in [0, 0.1) is 0 Å². The van der Waals surface area contributed by atoms with Crippen molar-refractivity contribution in [3.05, 3.63) is 95.6 Å². The summed E-state index contributed by atoms with van der Waals surface area (Å²) in [6.45, 7) is 1.05. The van der Waals surface area contributed by atoms with Gasteiger partial charge >= 0.3 is 0 Å². The maximum absolute atomic E-state index is 5.89. The maximum Gasteiger partial charge on any atom is 0.170 e. The third kappa shape index (κ3) is 4.42. The van der Waals surface area contributed by atoms with Gasteiger partial charge in [-0.15, -0.1) is 0 Å². The van der Waals surface area contributed by atoms with E-state index in [2.05, 4.69) is 39.4 Å². The second kappa shape index (κ2) is 8.45. The lowest BCUT2D eigenvalue weighted by molar-refractivity contribution is 0.104. The molecule has 0 radical (unpaired) electrons. The predicted molar refractivity (Wildman–Crippen MR) is 106 cm³/mol. The average molecular weight is 372 g/mol. The molecule has 4 rings (SSSR count). The average Bonchev–Trinajstić information content (AvgIpc) is 3.19. The molecular formula is C22H20N4O2. The predicted octanol–water partition coefficient (Wildman–Crippen LogP) is 4.02. The lowest BCUT2D eigenvalue weighted by Crippen LogP contribution is -1.96. The van der Waals surface area contributed by atoms with Gasteiger partial charge in [0.25, 0.3) is 0 Å². The van der Waals surface area contributed by atoms with Gasteiger partial charge in [0.15, 0.2) is 5.76 Å². The van der Waals surface area contributed by atoms with Gasteiger partial charge in [-0.1, -0.05) is 35.5 Å². The molecule has 0 atom stereocenters. The van der Waals surface area contributed by atoms with Crippen LogP contribution in [0.5, 0.6) is 0 Å². The van der Waals surface area contributed by atoms with Gasteiger partial charge < -0.3 is 15.0 Å². The zero-order chi connectivity index (χ0) is 19.2. The Morgan fingerprint density at radius 2 is 1.64 bits per heavy atom. The van der Waals surface area contributed by atoms with E-state index in [-0.39, 0.29) is 0 Å². The van der Waals surface area contributed by atoms with Crippen LogP contribution in [0.4, 0.5) is 5.82 Å². The minimum atomic E-state index is 0.431. The van der Waals surface area contributed by atoms with Crippen molar-refractivity contribution in [2.45, 2.75) is 19.6 Å². The zero-order valence-corrected chi connectivity index (χ0v) is 15.3. The Balaban J connectivity index is 1.34. The van der Waals surface area contributed by atoms with Gasteiger partial charge in [-0.25, -0.2) is 4.98 Å². The molecule has 0 spiro atoms. The molecule has 1 aromatic carbocycles. The van der Waals surface area contributed by atoms with Gasteiger partial charge in [-0.05, 0) is 35.4 Å². The minimum Gasteiger partial charge on any atom is -0.383 e. The van der Waals surface area contributed by atoms with Gasteiger partial charge in [0.1, 0.15) is 5.82 Å². The van der Waals surface area contributed by atoms with Crippen molar-refractivity contribution >= 4 is 5.82 Å². The molecular weight excluding hydrogens is 352 g/mol. The molecule has 6 heteroatoms. The van der Waals surface area contributed by atoms with E-state index in [1.54, 1.807) is 12.4 Å². The van der Waals surface area contributed by atoms with Gasteiger partial charge in [-0.2, -0.15) is 0 Å². The summed E-state index contributed by atoms with van der Waals surface area (Å²) in [5.41, 5.74) is 10.7. The number of nitrogen functional groups attached to an aromatic ring is 1. The number of pyridine rings is 2. The maximum atomic E-state index is 5.89. The van der Waals surface area contributed by atoms with Crippen LogP contribution < -0.4 is 5.73 Å². The van der Waals surface area contributed by atoms with E-state index in [1.165, 1.54) is 0 Å². The third-order valence-electron chi connectivity index (χ3n) is 4.32. The number of hydrogen-bond donors (Lipinski definition) is 1. The molecule has 0 aliphatic carbocycles. The molecule has 3 aromatic heterocycles. The second-order valence-electron chi connectivity index (χ2n) is 6.43. The molecule has 0 unspecified atom stereocenters. The Kier molecular flexibility index (Phi) is 5.40. The summed E-state index contributed by atoms with van der Waals surface area (Å²) in [5, 5.41) is 4.14. The van der Waals surface area contributed by atoms with E-state index in [0.29, 0.717) is 31.2 Å². The van der Waals surface area contributed by atoms with Gasteiger partial charge in [0.2, 0.25) is 0 Å². The quantitative estimate of drug-likeness (QED) is 0.527. The molecule has 0 fully saturated rings. The zero-order valence-electron chi connectivity index (χ0n) is 15.3. The van der Waals surface area contributed by atoms with Gasteiger partial charge in [0.05, 0.1) is 30.2 Å². The smallest absolute Gasteiger partial charge is 0.170 e. The number of nitrogens with two attached hydrogens (primary N) is 1. The summed E-state index contributed by atoms with van der Waals surface area (Å²) in [4.78, 5) is 8.32. The van der Waals surface area contributed by atoms with Crippen LogP contribution >= 0.6 is 0 Å². The summed E-state index contributed by atoms with van der Waals surface area (Å²) in [7, 11) is 0. The fourth-order valence-corrected chi connectivity index (χ4v) is 2.87. The van der Waals surface area contributed by atoms with Crippen molar-refractivity contribution in [1.82, 2.24) is 15.1 Å². The van der Waals surface area contributed by atoms with Crippen molar-refractivity contribution in [2.24, 2.45) is 0 Å². The highest BCUT2D eigenvalue weighted by atomic mass is 16.5. The molecule has 28 heavy (non-hydrogen) atoms. The molecule has 0 amide bonds. The fourth-order valence-electron chi connectivity index (χ4n) is 2.87. The molecule has 0 aliphatic heterocycles. The van der Waals surface area contributed by atoms with Crippen LogP contribution in [-0.2, 0) is 24.4 Å². The summed E-state index contributed by atoms with van der Waals surface area (Å²) in [5.74, 6) is 1.06. The number of rotatable bonds is 7. The van der Waals surface area contributed by atoms with Gasteiger partial charge in [-0.3, -0.25) is 4.98 Å². The molecule has 0 saturated carbocycles. The Bertz CT molecular complexity index is 1030. The minimum absolute atomic E-state index is 0.431. The SMILES string of the molecule is Nc1ncccc1-c1cc(Cc2ccc(COCc3ccccn3)cc2)no1. The van der Waals surface area contributed by atoms with Crippen molar-refractivity contribution in [2.75, 3.05) is 5.73 Å². The molecule has 2 N–H and O–H groups in total. The monoisotopic (exact) mass is 372 g/mol. The van der Waals surface area contributed by atoms with Gasteiger partial charge in [0, 0.05) is 24.9 Å². The van der Waals surface area contributed by atoms with Crippen LogP contribution in [-0.4, -0.2) is 15.1 Å². The fraction of sp³-hybridized carbons (Fsp3) is 0.136. The number of nitrogens with zero attached hydrogens (tertiary/aromatic N) is 3. The van der Waals surface area contributed by atoms with E-state index >= 15 is 0 Å². The standard InChI is InChI=1S/C22H20N4O2/c23-22-20(5-3-11-25-22)21-13-19(26-28-21)12-16-6-8-17(9-7-16)14-27-15-18-4-1-2-10-24-18/h1-11,13H,12,14-15H2,(H2,23,25). The van der Waals surface area contributed by atoms with E-state index in [4.69, 9.17) is 15.0 Å². The van der Waals surface area contributed by atoms with E-state index in [9.17, 15) is 0 Å². The van der Waals surface area contributed by atoms with Crippen molar-refractivity contribution in [3.8, 4) is 11.3 Å². The number of hydrogen-bond acceptors (Lipinski definition) is 6. The topological polar surface area (TPSA) is 87.1 Å². The van der Waals surface area contributed by atoms with E-state index in [1.807, 2.05) is 36.4 Å². The first kappa shape index (κ1) is 17.9. The summed E-state index contributed by atoms with van der Waals surface area (Å²) in [6, 6.07) is 19.7. The number of benzene rings is 1. The van der Waals surface area contributed by atoms with Crippen LogP contribution in [0.2, 0.25) is 0 Å². The summed E-state index contributed by atoms with van der Waals surface area (Å²) < 4.78 is 11.1. The van der Waals surface area contributed by atoms with Crippen LogP contribution in [0.3, 0.4) is 0 Å². The van der Waals surface area contributed by atoms with Crippen LogP contribution in [0.15, 0.2) is 77.6 Å². The first-order valence-corrected chi connectivity index (χ1v) is 9.00. The Morgan fingerprint density at radius 1 is 0.821 bits per heavy atom. The molecule has 4 aromatic rings. The van der Waals surface area contributed by atoms with E-state index in [0.717, 1.165) is 28.1 Å². The van der Waals surface area contributed by atoms with Crippen molar-refractivity contribution < 1.29 is 9.26 Å². The molecule has 0 saturated heterocycles. The Morgan fingerprint density at radius 3 is 2.43 bits per heavy atom. The normalized spacial score (nSPS) is 10.9. The van der Waals surface area contributed by atoms with Crippen LogP contribution in [0.25, 0.3) is 11.3 Å². The second-order valence-corrected chi connectivity index (χ2v) is 6.43. The Hall–Kier alpha value is -3.51.